The molecule has 2 aromatic heterocycles. The van der Waals surface area contributed by atoms with Crippen molar-refractivity contribution < 1.29 is 4.42 Å². The first-order chi connectivity index (χ1) is 6.16. The van der Waals surface area contributed by atoms with E-state index in [-0.39, 0.29) is 0 Å². The maximum absolute atomic E-state index is 5.42. The van der Waals surface area contributed by atoms with Crippen LogP contribution in [-0.2, 0) is 0 Å². The first-order valence-electron chi connectivity index (χ1n) is 3.96. The number of nitrogens with one attached hydrogen (secondary N) is 1. The third kappa shape index (κ3) is 1.54. The SMILES string of the molecule is Cc1ccc(-c2nc(Br)c(C)[nH]2)o1. The van der Waals surface area contributed by atoms with Gasteiger partial charge in [-0.3, -0.25) is 0 Å². The molecule has 0 saturated carbocycles. The number of aromatic amines is 1. The van der Waals surface area contributed by atoms with Crippen LogP contribution in [0.1, 0.15) is 11.5 Å². The molecule has 0 aliphatic heterocycles. The smallest absolute Gasteiger partial charge is 0.174 e. The molecule has 1 N–H and O–H groups in total. The quantitative estimate of drug-likeness (QED) is 0.833. The lowest BCUT2D eigenvalue weighted by molar-refractivity contribution is 0.544. The van der Waals surface area contributed by atoms with Crippen molar-refractivity contribution in [2.24, 2.45) is 0 Å². The number of rotatable bonds is 1. The normalized spacial score (nSPS) is 10.7. The highest BCUT2D eigenvalue weighted by Crippen LogP contribution is 2.22. The Bertz CT molecular complexity index is 411. The summed E-state index contributed by atoms with van der Waals surface area (Å²) in [6.45, 7) is 3.87. The Morgan fingerprint density at radius 3 is 2.62 bits per heavy atom. The van der Waals surface area contributed by atoms with Gasteiger partial charge in [-0.2, -0.15) is 0 Å². The van der Waals surface area contributed by atoms with E-state index >= 15 is 0 Å². The zero-order chi connectivity index (χ0) is 9.42. The van der Waals surface area contributed by atoms with Gasteiger partial charge in [0.15, 0.2) is 11.6 Å². The van der Waals surface area contributed by atoms with Gasteiger partial charge in [-0.05, 0) is 41.9 Å². The Labute approximate surface area is 84.3 Å². The Kier molecular flexibility index (Phi) is 2.00. The van der Waals surface area contributed by atoms with E-state index in [0.29, 0.717) is 0 Å². The number of hydrogen-bond acceptors (Lipinski definition) is 2. The second kappa shape index (κ2) is 3.03. The minimum atomic E-state index is 0.762. The first-order valence-corrected chi connectivity index (χ1v) is 4.75. The van der Waals surface area contributed by atoms with Crippen LogP contribution in [0.3, 0.4) is 0 Å². The third-order valence-electron chi connectivity index (χ3n) is 1.80. The Balaban J connectivity index is 2.46. The molecule has 2 heterocycles. The van der Waals surface area contributed by atoms with Crippen LogP contribution in [0.4, 0.5) is 0 Å². The Morgan fingerprint density at radius 2 is 2.15 bits per heavy atom. The van der Waals surface area contributed by atoms with Crippen molar-refractivity contribution in [1.29, 1.82) is 0 Å². The number of aromatic nitrogens is 2. The molecule has 2 rings (SSSR count). The molecule has 2 aromatic rings. The Morgan fingerprint density at radius 1 is 1.38 bits per heavy atom. The van der Waals surface area contributed by atoms with Gasteiger partial charge >= 0.3 is 0 Å². The molecule has 68 valence electrons. The second-order valence-corrected chi connectivity index (χ2v) is 3.66. The van der Waals surface area contributed by atoms with Crippen molar-refractivity contribution in [1.82, 2.24) is 9.97 Å². The summed E-state index contributed by atoms with van der Waals surface area (Å²) in [7, 11) is 0. The number of nitrogens with zero attached hydrogens (tertiary/aromatic N) is 1. The third-order valence-corrected chi connectivity index (χ3v) is 2.57. The van der Waals surface area contributed by atoms with E-state index in [2.05, 4.69) is 25.9 Å². The van der Waals surface area contributed by atoms with Gasteiger partial charge in [-0.25, -0.2) is 4.98 Å². The molecule has 0 bridgehead atoms. The lowest BCUT2D eigenvalue weighted by Gasteiger charge is -1.87. The van der Waals surface area contributed by atoms with E-state index in [1.165, 1.54) is 0 Å². The fraction of sp³-hybridized carbons (Fsp3) is 0.222. The zero-order valence-corrected chi connectivity index (χ0v) is 8.97. The summed E-state index contributed by atoms with van der Waals surface area (Å²) in [5.74, 6) is 2.42. The van der Waals surface area contributed by atoms with Gasteiger partial charge in [0, 0.05) is 5.69 Å². The molecule has 0 fully saturated rings. The van der Waals surface area contributed by atoms with E-state index in [9.17, 15) is 0 Å². The highest BCUT2D eigenvalue weighted by atomic mass is 79.9. The standard InChI is InChI=1S/C9H9BrN2O/c1-5-3-4-7(13-5)9-11-6(2)8(10)12-9/h3-4H,1-2H3,(H,11,12). The van der Waals surface area contributed by atoms with Crippen molar-refractivity contribution in [2.75, 3.05) is 0 Å². The molecular weight excluding hydrogens is 232 g/mol. The van der Waals surface area contributed by atoms with Gasteiger partial charge < -0.3 is 9.40 Å². The van der Waals surface area contributed by atoms with Crippen LogP contribution in [0, 0.1) is 13.8 Å². The molecule has 0 amide bonds. The van der Waals surface area contributed by atoms with Crippen LogP contribution in [0.15, 0.2) is 21.2 Å². The van der Waals surface area contributed by atoms with Gasteiger partial charge in [0.25, 0.3) is 0 Å². The summed E-state index contributed by atoms with van der Waals surface area (Å²) >= 11 is 3.34. The number of aryl methyl sites for hydroxylation is 2. The lowest BCUT2D eigenvalue weighted by atomic mass is 10.4. The molecule has 0 spiro atoms. The average molecular weight is 241 g/mol. The van der Waals surface area contributed by atoms with Crippen LogP contribution in [0.25, 0.3) is 11.6 Å². The largest absolute Gasteiger partial charge is 0.458 e. The number of H-pyrrole nitrogens is 1. The maximum Gasteiger partial charge on any atom is 0.174 e. The first kappa shape index (κ1) is 8.56. The van der Waals surface area contributed by atoms with Gasteiger partial charge in [0.05, 0.1) is 0 Å². The topological polar surface area (TPSA) is 41.8 Å². The van der Waals surface area contributed by atoms with Gasteiger partial charge in [0.1, 0.15) is 10.4 Å². The fourth-order valence-corrected chi connectivity index (χ4v) is 1.39. The number of furan rings is 1. The van der Waals surface area contributed by atoms with E-state index in [0.717, 1.165) is 27.6 Å². The van der Waals surface area contributed by atoms with Crippen molar-refractivity contribution in [3.05, 3.63) is 28.2 Å². The van der Waals surface area contributed by atoms with Crippen LogP contribution in [0.5, 0.6) is 0 Å². The van der Waals surface area contributed by atoms with E-state index < -0.39 is 0 Å². The second-order valence-electron chi connectivity index (χ2n) is 2.91. The highest BCUT2D eigenvalue weighted by molar-refractivity contribution is 9.10. The predicted molar refractivity (Wildman–Crippen MR) is 53.5 cm³/mol. The minimum absolute atomic E-state index is 0.762. The minimum Gasteiger partial charge on any atom is -0.458 e. The van der Waals surface area contributed by atoms with Crippen molar-refractivity contribution >= 4 is 15.9 Å². The summed E-state index contributed by atoms with van der Waals surface area (Å²) in [6, 6.07) is 3.82. The molecule has 0 aliphatic carbocycles. The summed E-state index contributed by atoms with van der Waals surface area (Å²) in [5, 5.41) is 0. The summed E-state index contributed by atoms with van der Waals surface area (Å²) in [6.07, 6.45) is 0. The maximum atomic E-state index is 5.42. The van der Waals surface area contributed by atoms with E-state index in [4.69, 9.17) is 4.42 Å². The number of halogens is 1. The molecule has 4 heteroatoms. The number of hydrogen-bond donors (Lipinski definition) is 1. The molecule has 3 nitrogen and oxygen atoms in total. The van der Waals surface area contributed by atoms with Crippen LogP contribution >= 0.6 is 15.9 Å². The summed E-state index contributed by atoms with van der Waals surface area (Å²) in [4.78, 5) is 7.38. The molecule has 0 aromatic carbocycles. The predicted octanol–water partition coefficient (Wildman–Crippen LogP) is 3.05. The molecule has 0 aliphatic rings. The molecule has 0 saturated heterocycles. The Hall–Kier alpha value is -1.03. The van der Waals surface area contributed by atoms with Crippen molar-refractivity contribution in [3.8, 4) is 11.6 Å². The van der Waals surface area contributed by atoms with Crippen LogP contribution in [-0.4, -0.2) is 9.97 Å². The zero-order valence-electron chi connectivity index (χ0n) is 7.39. The summed E-state index contributed by atoms with van der Waals surface area (Å²) in [5.41, 5.74) is 1.00. The molecular formula is C9H9BrN2O. The summed E-state index contributed by atoms with van der Waals surface area (Å²) < 4.78 is 6.25. The lowest BCUT2D eigenvalue weighted by Crippen LogP contribution is -1.75. The monoisotopic (exact) mass is 240 g/mol. The van der Waals surface area contributed by atoms with Gasteiger partial charge in [-0.15, -0.1) is 0 Å². The fourth-order valence-electron chi connectivity index (χ4n) is 1.12. The van der Waals surface area contributed by atoms with Gasteiger partial charge in [-0.1, -0.05) is 0 Å². The number of imidazole rings is 1. The molecule has 13 heavy (non-hydrogen) atoms. The van der Waals surface area contributed by atoms with Crippen LogP contribution < -0.4 is 0 Å². The van der Waals surface area contributed by atoms with Crippen molar-refractivity contribution in [3.63, 3.8) is 0 Å². The molecule has 0 unspecified atom stereocenters. The van der Waals surface area contributed by atoms with Crippen LogP contribution in [0.2, 0.25) is 0 Å². The molecule has 0 atom stereocenters. The van der Waals surface area contributed by atoms with E-state index in [1.54, 1.807) is 0 Å². The molecule has 0 radical (unpaired) electrons. The highest BCUT2D eigenvalue weighted by Gasteiger charge is 2.08. The van der Waals surface area contributed by atoms with E-state index in [1.807, 2.05) is 26.0 Å². The average Bonchev–Trinajstić information content (AvgIpc) is 2.61. The van der Waals surface area contributed by atoms with Gasteiger partial charge in [0.2, 0.25) is 0 Å². The van der Waals surface area contributed by atoms with Crippen molar-refractivity contribution in [2.45, 2.75) is 13.8 Å².